The molecule has 4 fully saturated rings. The minimum atomic E-state index is -0.112. The molecule has 6 nitrogen and oxygen atoms in total. The van der Waals surface area contributed by atoms with E-state index >= 15 is 0 Å². The second kappa shape index (κ2) is 13.8. The Bertz CT molecular complexity index is 2970. The number of nitriles is 1. The predicted octanol–water partition coefficient (Wildman–Crippen LogP) is 13.6. The largest absolute Gasteiger partial charge is 0.250 e. The molecular formula is C52H36N6S. The van der Waals surface area contributed by atoms with Crippen molar-refractivity contribution in [1.82, 2.24) is 15.0 Å². The third-order valence-corrected chi connectivity index (χ3v) is 14.6. The molecule has 0 amide bonds. The van der Waals surface area contributed by atoms with Crippen LogP contribution in [0, 0.1) is 48.1 Å². The molecule has 6 aromatic carbocycles. The fourth-order valence-corrected chi connectivity index (χ4v) is 12.2. The zero-order chi connectivity index (χ0) is 39.7. The maximum atomic E-state index is 9.42. The van der Waals surface area contributed by atoms with Gasteiger partial charge in [-0.3, -0.25) is 0 Å². The number of hydrogen-bond donors (Lipinski definition) is 0. The topological polar surface area (TPSA) is 71.2 Å². The van der Waals surface area contributed by atoms with Crippen LogP contribution in [0.15, 0.2) is 133 Å². The summed E-state index contributed by atoms with van der Waals surface area (Å²) in [5.74, 6) is 4.37. The zero-order valence-electron chi connectivity index (χ0n) is 32.1. The Kier molecular flexibility index (Phi) is 8.26. The van der Waals surface area contributed by atoms with Gasteiger partial charge in [-0.05, 0) is 119 Å². The van der Waals surface area contributed by atoms with Gasteiger partial charge in [-0.15, -0.1) is 0 Å². The summed E-state index contributed by atoms with van der Waals surface area (Å²) in [7, 11) is 0. The van der Waals surface area contributed by atoms with Crippen LogP contribution in [0.1, 0.15) is 48.8 Å². The third-order valence-electron chi connectivity index (χ3n) is 13.5. The van der Waals surface area contributed by atoms with Gasteiger partial charge in [0.05, 0.1) is 24.8 Å². The van der Waals surface area contributed by atoms with Gasteiger partial charge in [-0.1, -0.05) is 103 Å². The summed E-state index contributed by atoms with van der Waals surface area (Å²) in [6, 6.07) is 48.1. The van der Waals surface area contributed by atoms with Crippen molar-refractivity contribution in [2.24, 2.45) is 23.7 Å². The average molecular weight is 777 g/mol. The van der Waals surface area contributed by atoms with Gasteiger partial charge in [-0.2, -0.15) is 16.6 Å². The summed E-state index contributed by atoms with van der Waals surface area (Å²) in [6.45, 7) is 15.6. The summed E-state index contributed by atoms with van der Waals surface area (Å²) >= 11 is 1.59. The van der Waals surface area contributed by atoms with Crippen molar-refractivity contribution in [2.75, 3.05) is 0 Å². The Hall–Kier alpha value is -6.98. The number of fused-ring (bicyclic) bond motifs is 3. The first-order chi connectivity index (χ1) is 29.0. The van der Waals surface area contributed by atoms with Crippen molar-refractivity contribution in [3.8, 4) is 51.4 Å². The van der Waals surface area contributed by atoms with Gasteiger partial charge < -0.3 is 0 Å². The van der Waals surface area contributed by atoms with Crippen molar-refractivity contribution < 1.29 is 0 Å². The van der Waals surface area contributed by atoms with Crippen molar-refractivity contribution in [3.05, 3.63) is 173 Å². The highest BCUT2D eigenvalue weighted by Crippen LogP contribution is 2.65. The fraction of sp³-hybridized carbons (Fsp3) is 0.192. The summed E-state index contributed by atoms with van der Waals surface area (Å²) < 4.78 is 1.15. The minimum absolute atomic E-state index is 0.112. The first-order valence-corrected chi connectivity index (χ1v) is 21.1. The lowest BCUT2D eigenvalue weighted by molar-refractivity contribution is -0.0418. The summed E-state index contributed by atoms with van der Waals surface area (Å²) in [4.78, 5) is 22.5. The fourth-order valence-electron chi connectivity index (χ4n) is 11.2. The van der Waals surface area contributed by atoms with E-state index in [4.69, 9.17) is 28.1 Å². The lowest BCUT2D eigenvalue weighted by Gasteiger charge is -2.62. The molecule has 4 saturated carbocycles. The van der Waals surface area contributed by atoms with Crippen LogP contribution in [0.5, 0.6) is 0 Å². The number of benzene rings is 6. The lowest BCUT2D eigenvalue weighted by atomic mass is 9.42. The van der Waals surface area contributed by atoms with E-state index in [1.165, 1.54) is 59.4 Å². The van der Waals surface area contributed by atoms with Gasteiger partial charge >= 0.3 is 0 Å². The Morgan fingerprint density at radius 3 is 1.64 bits per heavy atom. The Labute approximate surface area is 347 Å². The maximum Gasteiger partial charge on any atom is 0.250 e. The monoisotopic (exact) mass is 776 g/mol. The minimum Gasteiger partial charge on any atom is -0.238 e. The molecule has 2 heterocycles. The molecule has 0 aliphatic heterocycles. The smallest absolute Gasteiger partial charge is 0.238 e. The van der Waals surface area contributed by atoms with Crippen molar-refractivity contribution in [3.63, 3.8) is 0 Å². The van der Waals surface area contributed by atoms with Gasteiger partial charge in [0.25, 0.3) is 0 Å². The second-order valence-corrected chi connectivity index (χ2v) is 17.6. The van der Waals surface area contributed by atoms with Crippen LogP contribution in [0.2, 0.25) is 0 Å². The number of nitrogens with zero attached hydrogens (tertiary/aromatic N) is 6. The quantitative estimate of drug-likeness (QED) is 0.158. The Balaban J connectivity index is 1.02. The average Bonchev–Trinajstić information content (AvgIpc) is 3.69. The van der Waals surface area contributed by atoms with Gasteiger partial charge in [0, 0.05) is 32.4 Å². The van der Waals surface area contributed by atoms with E-state index in [9.17, 15) is 5.26 Å². The SMILES string of the molecule is [C-]#[N+]c1ccc(-c2nc(-c3ccc(C#N)cc3)nc(-c3ccc(C4(c5ccc(-c6c([N+]#[C-])sc7ccc8ccccc8c67)cc5)C5CC6CC(C5)CC4C6)cc3)n2)cc1. The van der Waals surface area contributed by atoms with Crippen LogP contribution >= 0.6 is 11.3 Å². The molecule has 4 bridgehead atoms. The highest BCUT2D eigenvalue weighted by Gasteiger charge is 2.58. The molecule has 8 aromatic rings. The van der Waals surface area contributed by atoms with Crippen LogP contribution in [-0.2, 0) is 5.41 Å². The van der Waals surface area contributed by atoms with Crippen LogP contribution in [0.25, 0.3) is 75.8 Å². The molecule has 12 rings (SSSR count). The molecule has 0 unspecified atom stereocenters. The van der Waals surface area contributed by atoms with Gasteiger partial charge in [0.15, 0.2) is 23.2 Å². The molecule has 0 atom stereocenters. The van der Waals surface area contributed by atoms with Crippen molar-refractivity contribution >= 4 is 42.9 Å². The number of rotatable bonds is 6. The van der Waals surface area contributed by atoms with Gasteiger partial charge in [-0.25, -0.2) is 24.6 Å². The molecule has 59 heavy (non-hydrogen) atoms. The van der Waals surface area contributed by atoms with Crippen LogP contribution in [-0.4, -0.2) is 15.0 Å². The van der Waals surface area contributed by atoms with Crippen LogP contribution in [0.4, 0.5) is 10.7 Å². The first kappa shape index (κ1) is 35.2. The molecule has 4 aliphatic carbocycles. The van der Waals surface area contributed by atoms with E-state index in [1.807, 2.05) is 24.3 Å². The van der Waals surface area contributed by atoms with E-state index in [1.54, 1.807) is 35.6 Å². The van der Waals surface area contributed by atoms with E-state index in [0.29, 0.717) is 40.6 Å². The number of thiophene rings is 1. The molecule has 0 radical (unpaired) electrons. The molecule has 280 valence electrons. The van der Waals surface area contributed by atoms with E-state index in [-0.39, 0.29) is 5.41 Å². The number of aromatic nitrogens is 3. The van der Waals surface area contributed by atoms with Crippen molar-refractivity contribution in [1.29, 1.82) is 5.26 Å². The predicted molar refractivity (Wildman–Crippen MR) is 236 cm³/mol. The molecule has 4 aliphatic rings. The second-order valence-electron chi connectivity index (χ2n) is 16.5. The van der Waals surface area contributed by atoms with E-state index in [0.717, 1.165) is 49.4 Å². The normalized spacial score (nSPS) is 21.6. The van der Waals surface area contributed by atoms with Gasteiger partial charge in [0.2, 0.25) is 5.00 Å². The lowest BCUT2D eigenvalue weighted by Crippen LogP contribution is -2.56. The molecule has 0 N–H and O–H groups in total. The molecular weight excluding hydrogens is 741 g/mol. The molecule has 7 heteroatoms. The Morgan fingerprint density at radius 2 is 1.10 bits per heavy atom. The molecule has 2 aromatic heterocycles. The van der Waals surface area contributed by atoms with Crippen LogP contribution < -0.4 is 0 Å². The van der Waals surface area contributed by atoms with E-state index in [2.05, 4.69) is 101 Å². The first-order valence-electron chi connectivity index (χ1n) is 20.3. The molecule has 0 saturated heterocycles. The Morgan fingerprint density at radius 1 is 0.576 bits per heavy atom. The van der Waals surface area contributed by atoms with E-state index < -0.39 is 0 Å². The van der Waals surface area contributed by atoms with Gasteiger partial charge in [0.1, 0.15) is 0 Å². The highest BCUT2D eigenvalue weighted by molar-refractivity contribution is 7.23. The van der Waals surface area contributed by atoms with Crippen LogP contribution in [0.3, 0.4) is 0 Å². The van der Waals surface area contributed by atoms with Crippen molar-refractivity contribution in [2.45, 2.75) is 37.5 Å². The zero-order valence-corrected chi connectivity index (χ0v) is 33.0. The highest BCUT2D eigenvalue weighted by atomic mass is 32.1. The number of hydrogen-bond acceptors (Lipinski definition) is 5. The summed E-state index contributed by atoms with van der Waals surface area (Å²) in [6.07, 6.45) is 6.42. The molecule has 0 spiro atoms. The standard InChI is InChI=1S/C52H36N6S/c1-54-43-22-15-38(16-23-43)50-57-48(36-9-7-31(30-53)8-10-36)56-49(58-50)37-13-20-40(21-14-37)52(41-26-32-25-33(28-41)29-42(52)27-32)39-18-11-35(12-19-39)46-47-44-6-4-3-5-34(44)17-24-45(47)59-51(46)55-2/h3-24,32-33,41-42H,25-29H2. The summed E-state index contributed by atoms with van der Waals surface area (Å²) in [5, 5.41) is 13.7. The maximum absolute atomic E-state index is 9.42. The third kappa shape index (κ3) is 5.67. The summed E-state index contributed by atoms with van der Waals surface area (Å²) in [5.41, 5.74) is 8.40.